The third-order valence-electron chi connectivity index (χ3n) is 6.22. The fourth-order valence-corrected chi connectivity index (χ4v) is 5.41. The van der Waals surface area contributed by atoms with Crippen LogP contribution in [0.2, 0.25) is 19.6 Å². The van der Waals surface area contributed by atoms with Crippen molar-refractivity contribution in [2.24, 2.45) is 0 Å². The molecule has 0 saturated heterocycles. The molecule has 3 aromatic rings. The lowest BCUT2D eigenvalue weighted by Crippen LogP contribution is -2.40. The molecule has 0 radical (unpaired) electrons. The third-order valence-corrected chi connectivity index (χ3v) is 9.97. The van der Waals surface area contributed by atoms with E-state index < -0.39 is 25.3 Å². The van der Waals surface area contributed by atoms with E-state index >= 15 is 0 Å². The maximum Gasteiger partial charge on any atom is 0.411 e. The van der Waals surface area contributed by atoms with Crippen molar-refractivity contribution >= 4 is 42.1 Å². The number of imidazole rings is 1. The summed E-state index contributed by atoms with van der Waals surface area (Å²) in [6, 6.07) is 11.8. The number of benzene rings is 2. The molecular weight excluding hydrogens is 438 g/mol. The quantitative estimate of drug-likeness (QED) is 0.365. The number of para-hydroxylation sites is 2. The first-order valence-electron chi connectivity index (χ1n) is 11.2. The largest absolute Gasteiger partial charge is 0.609 e. The summed E-state index contributed by atoms with van der Waals surface area (Å²) in [4.78, 5) is 20.4. The van der Waals surface area contributed by atoms with E-state index in [1.165, 1.54) is 5.56 Å². The molecule has 0 fully saturated rings. The molecule has 32 heavy (non-hydrogen) atoms. The van der Waals surface area contributed by atoms with Gasteiger partial charge in [-0.05, 0) is 55.9 Å². The second kappa shape index (κ2) is 9.29. The predicted molar refractivity (Wildman–Crippen MR) is 132 cm³/mol. The molecule has 170 valence electrons. The molecule has 2 atom stereocenters. The Hall–Kier alpha value is -2.29. The minimum Gasteiger partial charge on any atom is -0.609 e. The molecule has 6 nitrogen and oxygen atoms in total. The van der Waals surface area contributed by atoms with E-state index in [-0.39, 0.29) is 11.5 Å². The summed E-state index contributed by atoms with van der Waals surface area (Å²) >= 11 is -1.37. The summed E-state index contributed by atoms with van der Waals surface area (Å²) in [7, 11) is -1.61. The molecule has 1 aliphatic carbocycles. The van der Waals surface area contributed by atoms with E-state index in [2.05, 4.69) is 41.0 Å². The summed E-state index contributed by atoms with van der Waals surface area (Å²) in [5, 5.41) is 3.47. The summed E-state index contributed by atoms with van der Waals surface area (Å²) in [5.74, 6) is 0.270. The number of carbonyl (C=O) groups is 1. The van der Waals surface area contributed by atoms with Crippen molar-refractivity contribution < 1.29 is 14.1 Å². The highest BCUT2D eigenvalue weighted by atomic mass is 32.2. The average Bonchev–Trinajstić information content (AvgIpc) is 3.19. The number of aromatic amines is 1. The average molecular weight is 470 g/mol. The smallest absolute Gasteiger partial charge is 0.411 e. The molecule has 1 amide bonds. The zero-order chi connectivity index (χ0) is 22.9. The number of carbonyl (C=O) groups excluding carboxylic acids is 1. The van der Waals surface area contributed by atoms with Gasteiger partial charge in [0.25, 0.3) is 0 Å². The Morgan fingerprint density at radius 1 is 1.22 bits per heavy atom. The number of hydrogen-bond donors (Lipinski definition) is 2. The van der Waals surface area contributed by atoms with Crippen LogP contribution in [0, 0.1) is 0 Å². The molecule has 0 bridgehead atoms. The minimum absolute atomic E-state index is 0.102. The Balaban J connectivity index is 1.60. The topological polar surface area (TPSA) is 90.1 Å². The van der Waals surface area contributed by atoms with Crippen LogP contribution in [0.5, 0.6) is 0 Å². The van der Waals surface area contributed by atoms with Crippen molar-refractivity contribution in [1.82, 2.24) is 9.97 Å². The number of fused-ring (bicyclic) bond motifs is 2. The molecule has 2 unspecified atom stereocenters. The molecule has 0 spiro atoms. The van der Waals surface area contributed by atoms with Gasteiger partial charge in [-0.25, -0.2) is 4.79 Å². The van der Waals surface area contributed by atoms with E-state index in [4.69, 9.17) is 4.74 Å². The molecule has 1 heterocycles. The fourth-order valence-electron chi connectivity index (χ4n) is 3.87. The van der Waals surface area contributed by atoms with Gasteiger partial charge in [-0.15, -0.1) is 0 Å². The maximum absolute atomic E-state index is 13.2. The van der Waals surface area contributed by atoms with Crippen molar-refractivity contribution in [3.8, 4) is 0 Å². The molecule has 8 heteroatoms. The SMILES string of the molecule is CC(OC(=O)Nc1c(C[S+]([O-])c2nc3ccccc3[nH]2)ccc2c1CCCC2)[Si](C)(C)C. The maximum atomic E-state index is 13.2. The molecule has 2 aromatic carbocycles. The lowest BCUT2D eigenvalue weighted by Gasteiger charge is -2.26. The number of aromatic nitrogens is 2. The summed E-state index contributed by atoms with van der Waals surface area (Å²) in [6.45, 7) is 8.50. The van der Waals surface area contributed by atoms with Gasteiger partial charge in [-0.1, -0.05) is 43.9 Å². The van der Waals surface area contributed by atoms with Crippen LogP contribution in [0.3, 0.4) is 0 Å². The van der Waals surface area contributed by atoms with Gasteiger partial charge < -0.3 is 9.29 Å². The number of anilines is 1. The highest BCUT2D eigenvalue weighted by molar-refractivity contribution is 7.90. The Morgan fingerprint density at radius 2 is 1.97 bits per heavy atom. The van der Waals surface area contributed by atoms with Crippen molar-refractivity contribution in [3.63, 3.8) is 0 Å². The van der Waals surface area contributed by atoms with Crippen LogP contribution in [0.25, 0.3) is 11.0 Å². The molecule has 4 rings (SSSR count). The zero-order valence-electron chi connectivity index (χ0n) is 19.2. The Labute approximate surface area is 193 Å². The number of rotatable bonds is 6. The number of nitrogens with one attached hydrogen (secondary N) is 2. The van der Waals surface area contributed by atoms with E-state index in [1.807, 2.05) is 37.3 Å². The normalized spacial score (nSPS) is 15.8. The van der Waals surface area contributed by atoms with Gasteiger partial charge in [-0.3, -0.25) is 10.3 Å². The van der Waals surface area contributed by atoms with Gasteiger partial charge in [0.15, 0.2) is 0 Å². The number of amides is 1. The van der Waals surface area contributed by atoms with Gasteiger partial charge in [0.1, 0.15) is 5.75 Å². The van der Waals surface area contributed by atoms with Crippen LogP contribution < -0.4 is 5.32 Å². The molecule has 0 saturated carbocycles. The number of H-pyrrole nitrogens is 1. The van der Waals surface area contributed by atoms with Crippen molar-refractivity contribution in [2.45, 2.75) is 68.9 Å². The van der Waals surface area contributed by atoms with E-state index in [1.54, 1.807) is 0 Å². The van der Waals surface area contributed by atoms with Gasteiger partial charge in [-0.2, -0.15) is 4.98 Å². The predicted octanol–water partition coefficient (Wildman–Crippen LogP) is 5.56. The number of aryl methyl sites for hydroxylation is 1. The van der Waals surface area contributed by atoms with Crippen LogP contribution in [-0.4, -0.2) is 34.4 Å². The third kappa shape index (κ3) is 5.03. The number of hydrogen-bond acceptors (Lipinski definition) is 4. The van der Waals surface area contributed by atoms with Gasteiger partial charge in [0.2, 0.25) is 0 Å². The molecule has 1 aromatic heterocycles. The number of nitrogens with zero attached hydrogens (tertiary/aromatic N) is 1. The van der Waals surface area contributed by atoms with Crippen molar-refractivity contribution in [1.29, 1.82) is 0 Å². The lowest BCUT2D eigenvalue weighted by molar-refractivity contribution is 0.150. The van der Waals surface area contributed by atoms with Crippen LogP contribution in [0.15, 0.2) is 41.6 Å². The highest BCUT2D eigenvalue weighted by Gasteiger charge is 2.28. The molecule has 1 aliphatic rings. The van der Waals surface area contributed by atoms with Crippen molar-refractivity contribution in [3.05, 3.63) is 53.1 Å². The first-order valence-corrected chi connectivity index (χ1v) is 16.1. The van der Waals surface area contributed by atoms with Gasteiger partial charge in [0, 0.05) is 16.7 Å². The monoisotopic (exact) mass is 469 g/mol. The van der Waals surface area contributed by atoms with Gasteiger partial charge >= 0.3 is 11.2 Å². The second-order valence-corrected chi connectivity index (χ2v) is 16.4. The first kappa shape index (κ1) is 22.9. The molecular formula is C24H31N3O3SSi. The zero-order valence-corrected chi connectivity index (χ0v) is 21.0. The molecule has 2 N–H and O–H groups in total. The fraction of sp³-hybridized carbons (Fsp3) is 0.417. The van der Waals surface area contributed by atoms with Crippen molar-refractivity contribution in [2.75, 3.05) is 5.32 Å². The standard InChI is InChI=1S/C24H31N3O3SSi/c1-16(32(2,3)4)30-24(28)27-22-18(14-13-17-9-5-6-10-19(17)22)15-31(29)23-25-20-11-7-8-12-21(20)26-23/h7-8,11-14,16H,5-6,9-10,15H2,1-4H3,(H,25,26)(H,27,28). The first-order chi connectivity index (χ1) is 15.2. The van der Waals surface area contributed by atoms with Crippen LogP contribution in [0.1, 0.15) is 36.5 Å². The Morgan fingerprint density at radius 3 is 2.72 bits per heavy atom. The summed E-state index contributed by atoms with van der Waals surface area (Å²) < 4.78 is 18.9. The Kier molecular flexibility index (Phi) is 6.64. The Bertz CT molecular complexity index is 1090. The van der Waals surface area contributed by atoms with Crippen LogP contribution in [-0.2, 0) is 34.5 Å². The van der Waals surface area contributed by atoms with Crippen LogP contribution >= 0.6 is 0 Å². The summed E-state index contributed by atoms with van der Waals surface area (Å²) in [5.41, 5.74) is 5.57. The minimum atomic E-state index is -1.61. The van der Waals surface area contributed by atoms with E-state index in [0.29, 0.717) is 5.16 Å². The van der Waals surface area contributed by atoms with Gasteiger partial charge in [0.05, 0.1) is 30.5 Å². The number of ether oxygens (including phenoxy) is 1. The van der Waals surface area contributed by atoms with E-state index in [0.717, 1.165) is 53.5 Å². The van der Waals surface area contributed by atoms with Crippen LogP contribution in [0.4, 0.5) is 10.5 Å². The molecule has 0 aliphatic heterocycles. The second-order valence-electron chi connectivity index (χ2n) is 9.53. The van der Waals surface area contributed by atoms with E-state index in [9.17, 15) is 9.35 Å². The summed E-state index contributed by atoms with van der Waals surface area (Å²) in [6.07, 6.45) is 3.69. The highest BCUT2D eigenvalue weighted by Crippen LogP contribution is 2.33. The lowest BCUT2D eigenvalue weighted by atomic mass is 9.89.